The van der Waals surface area contributed by atoms with Crippen molar-refractivity contribution in [3.05, 3.63) is 29.3 Å². The van der Waals surface area contributed by atoms with Crippen molar-refractivity contribution in [2.24, 2.45) is 0 Å². The van der Waals surface area contributed by atoms with Crippen LogP contribution in [0.1, 0.15) is 17.5 Å². The highest BCUT2D eigenvalue weighted by molar-refractivity contribution is 5.43. The molecule has 0 bridgehead atoms. The fraction of sp³-hybridized carbons (Fsp3) is 0.455. The maximum Gasteiger partial charge on any atom is 0.426 e. The van der Waals surface area contributed by atoms with Gasteiger partial charge in [-0.2, -0.15) is 13.2 Å². The molecule has 0 radical (unpaired) electrons. The number of methoxy groups -OCH3 is 1. The number of ether oxygens (including phenoxy) is 1. The van der Waals surface area contributed by atoms with Crippen molar-refractivity contribution in [1.29, 1.82) is 0 Å². The Morgan fingerprint density at radius 1 is 1.31 bits per heavy atom. The van der Waals surface area contributed by atoms with Crippen molar-refractivity contribution in [1.82, 2.24) is 0 Å². The van der Waals surface area contributed by atoms with E-state index in [4.69, 9.17) is 4.74 Å². The lowest BCUT2D eigenvalue weighted by Gasteiger charge is -2.24. The molecule has 1 aliphatic rings. The lowest BCUT2D eigenvalue weighted by Crippen LogP contribution is -2.35. The molecule has 0 saturated heterocycles. The van der Waals surface area contributed by atoms with E-state index in [1.54, 1.807) is 0 Å². The predicted molar refractivity (Wildman–Crippen MR) is 50.2 cm³/mol. The molecule has 0 aliphatic heterocycles. The zero-order valence-corrected chi connectivity index (χ0v) is 8.57. The Balaban J connectivity index is 2.48. The van der Waals surface area contributed by atoms with Crippen LogP contribution in [0.2, 0.25) is 0 Å². The van der Waals surface area contributed by atoms with Crippen LogP contribution in [0.5, 0.6) is 5.75 Å². The Morgan fingerprint density at radius 3 is 2.56 bits per heavy atom. The van der Waals surface area contributed by atoms with Gasteiger partial charge in [-0.3, -0.25) is 0 Å². The summed E-state index contributed by atoms with van der Waals surface area (Å²) in [4.78, 5) is 0. The average molecular weight is 234 g/mol. The van der Waals surface area contributed by atoms with Crippen molar-refractivity contribution in [2.75, 3.05) is 7.11 Å². The molecule has 16 heavy (non-hydrogen) atoms. The minimum absolute atomic E-state index is 0.0859. The first-order valence-corrected chi connectivity index (χ1v) is 4.81. The Hall–Kier alpha value is -1.26. The smallest absolute Gasteiger partial charge is 0.426 e. The van der Waals surface area contributed by atoms with E-state index in [2.05, 4.69) is 0 Å². The molecule has 1 atom stereocenters. The predicted octanol–water partition coefficient (Wildman–Crippen LogP) is 3.37. The van der Waals surface area contributed by atoms with Crippen LogP contribution in [0.15, 0.2) is 18.2 Å². The van der Waals surface area contributed by atoms with Gasteiger partial charge in [0.1, 0.15) is 5.75 Å². The molecule has 0 N–H and O–H groups in total. The number of aryl methyl sites for hydroxylation is 1. The van der Waals surface area contributed by atoms with E-state index in [9.17, 15) is 17.6 Å². The lowest BCUT2D eigenvalue weighted by molar-refractivity contribution is -0.234. The van der Waals surface area contributed by atoms with Gasteiger partial charge in [-0.15, -0.1) is 0 Å². The van der Waals surface area contributed by atoms with Crippen molar-refractivity contribution in [2.45, 2.75) is 24.7 Å². The summed E-state index contributed by atoms with van der Waals surface area (Å²) in [5.41, 5.74) is -3.10. The maximum atomic E-state index is 13.9. The topological polar surface area (TPSA) is 9.23 Å². The van der Waals surface area contributed by atoms with Crippen LogP contribution in [-0.4, -0.2) is 13.3 Å². The van der Waals surface area contributed by atoms with Gasteiger partial charge >= 0.3 is 6.18 Å². The van der Waals surface area contributed by atoms with Crippen molar-refractivity contribution >= 4 is 0 Å². The normalized spacial score (nSPS) is 24.3. The molecule has 5 heteroatoms. The van der Waals surface area contributed by atoms with E-state index in [0.29, 0.717) is 11.3 Å². The molecule has 1 aromatic carbocycles. The third-order valence-electron chi connectivity index (χ3n) is 2.93. The first kappa shape index (κ1) is 11.2. The summed E-state index contributed by atoms with van der Waals surface area (Å²) in [5, 5.41) is 0. The van der Waals surface area contributed by atoms with Crippen molar-refractivity contribution in [3.63, 3.8) is 0 Å². The molecular formula is C11H10F4O. The summed E-state index contributed by atoms with van der Waals surface area (Å²) >= 11 is 0. The lowest BCUT2D eigenvalue weighted by atomic mass is 9.97. The number of hydrogen-bond acceptors (Lipinski definition) is 1. The monoisotopic (exact) mass is 234 g/mol. The summed E-state index contributed by atoms with van der Waals surface area (Å²) in [5.74, 6) is 0.449. The molecule has 1 nitrogen and oxygen atoms in total. The fourth-order valence-corrected chi connectivity index (χ4v) is 2.03. The van der Waals surface area contributed by atoms with Gasteiger partial charge in [0.25, 0.3) is 0 Å². The quantitative estimate of drug-likeness (QED) is 0.677. The van der Waals surface area contributed by atoms with E-state index in [0.717, 1.165) is 6.07 Å². The number of halogens is 4. The minimum Gasteiger partial charge on any atom is -0.497 e. The first-order chi connectivity index (χ1) is 7.38. The minimum atomic E-state index is -4.85. The Labute approximate surface area is 90.0 Å². The van der Waals surface area contributed by atoms with Crippen LogP contribution >= 0.6 is 0 Å². The number of benzene rings is 1. The van der Waals surface area contributed by atoms with E-state index < -0.39 is 18.3 Å². The van der Waals surface area contributed by atoms with E-state index >= 15 is 0 Å². The largest absolute Gasteiger partial charge is 0.497 e. The molecule has 2 rings (SSSR count). The fourth-order valence-electron chi connectivity index (χ4n) is 2.03. The number of alkyl halides is 4. The first-order valence-electron chi connectivity index (χ1n) is 4.81. The van der Waals surface area contributed by atoms with Gasteiger partial charge in [-0.05, 0) is 30.5 Å². The standard InChI is InChI=1S/C11H10F4O/c1-16-8-2-3-9-7(6-8)4-5-10(9,12)11(13,14)15/h2-3,6H,4-5H2,1H3. The molecule has 0 fully saturated rings. The SMILES string of the molecule is COc1ccc2c(c1)CCC2(F)C(F)(F)F. The highest BCUT2D eigenvalue weighted by atomic mass is 19.4. The summed E-state index contributed by atoms with van der Waals surface area (Å²) in [6, 6.07) is 3.97. The van der Waals surface area contributed by atoms with Crippen LogP contribution in [0.3, 0.4) is 0 Å². The molecule has 88 valence electrons. The second-order valence-corrected chi connectivity index (χ2v) is 3.82. The molecule has 0 saturated carbocycles. The van der Waals surface area contributed by atoms with E-state index in [-0.39, 0.29) is 12.0 Å². The molecule has 0 aromatic heterocycles. The summed E-state index contributed by atoms with van der Waals surface area (Å²) in [6.45, 7) is 0. The second-order valence-electron chi connectivity index (χ2n) is 3.82. The average Bonchev–Trinajstić information content (AvgIpc) is 2.56. The molecule has 0 spiro atoms. The Morgan fingerprint density at radius 2 is 2.00 bits per heavy atom. The van der Waals surface area contributed by atoms with E-state index in [1.807, 2.05) is 0 Å². The van der Waals surface area contributed by atoms with Crippen molar-refractivity contribution < 1.29 is 22.3 Å². The maximum absolute atomic E-state index is 13.9. The van der Waals surface area contributed by atoms with Gasteiger partial charge in [0.15, 0.2) is 0 Å². The third kappa shape index (κ3) is 1.45. The van der Waals surface area contributed by atoms with Crippen LogP contribution in [0.25, 0.3) is 0 Å². The second kappa shape index (κ2) is 3.37. The Bertz CT molecular complexity index is 413. The van der Waals surface area contributed by atoms with Gasteiger partial charge in [-0.25, -0.2) is 4.39 Å². The zero-order valence-electron chi connectivity index (χ0n) is 8.57. The number of hydrogen-bond donors (Lipinski definition) is 0. The van der Waals surface area contributed by atoms with E-state index in [1.165, 1.54) is 19.2 Å². The van der Waals surface area contributed by atoms with Crippen LogP contribution in [0.4, 0.5) is 17.6 Å². The highest BCUT2D eigenvalue weighted by Gasteiger charge is 2.59. The molecule has 1 aliphatic carbocycles. The van der Waals surface area contributed by atoms with Gasteiger partial charge in [0.05, 0.1) is 7.11 Å². The van der Waals surface area contributed by atoms with Crippen molar-refractivity contribution in [3.8, 4) is 5.75 Å². The molecule has 0 heterocycles. The highest BCUT2D eigenvalue weighted by Crippen LogP contribution is 2.51. The van der Waals surface area contributed by atoms with Gasteiger partial charge in [-0.1, -0.05) is 6.07 Å². The number of rotatable bonds is 1. The molecular weight excluding hydrogens is 224 g/mol. The Kier molecular flexibility index (Phi) is 2.36. The van der Waals surface area contributed by atoms with Crippen LogP contribution in [0, 0.1) is 0 Å². The number of fused-ring (bicyclic) bond motifs is 1. The zero-order chi connectivity index (χ0) is 12.0. The molecule has 1 aromatic rings. The van der Waals surface area contributed by atoms with Crippen LogP contribution < -0.4 is 4.74 Å². The summed E-state index contributed by atoms with van der Waals surface area (Å²) in [7, 11) is 1.42. The van der Waals surface area contributed by atoms with Crippen LogP contribution in [-0.2, 0) is 12.1 Å². The third-order valence-corrected chi connectivity index (χ3v) is 2.93. The van der Waals surface area contributed by atoms with Gasteiger partial charge < -0.3 is 4.74 Å². The molecule has 0 amide bonds. The summed E-state index contributed by atoms with van der Waals surface area (Å²) < 4.78 is 56.6. The summed E-state index contributed by atoms with van der Waals surface area (Å²) in [6.07, 6.45) is -5.31. The van der Waals surface area contributed by atoms with Gasteiger partial charge in [0.2, 0.25) is 5.67 Å². The van der Waals surface area contributed by atoms with Gasteiger partial charge in [0, 0.05) is 5.56 Å². The molecule has 1 unspecified atom stereocenters.